The van der Waals surface area contributed by atoms with Crippen LogP contribution < -0.4 is 14.8 Å². The van der Waals surface area contributed by atoms with Crippen molar-refractivity contribution in [1.82, 2.24) is 5.32 Å². The van der Waals surface area contributed by atoms with Crippen LogP contribution in [0.3, 0.4) is 0 Å². The van der Waals surface area contributed by atoms with E-state index in [0.717, 1.165) is 29.0 Å². The molecule has 1 heterocycles. The van der Waals surface area contributed by atoms with E-state index in [1.165, 1.54) is 5.56 Å². The normalized spacial score (nSPS) is 14.0. The number of hydrogen-bond donors (Lipinski definition) is 1. The molecule has 0 aliphatic carbocycles. The zero-order valence-corrected chi connectivity index (χ0v) is 14.9. The zero-order chi connectivity index (χ0) is 17.6. The van der Waals surface area contributed by atoms with Crippen LogP contribution in [-0.2, 0) is 11.2 Å². The first-order valence-corrected chi connectivity index (χ1v) is 8.90. The third kappa shape index (κ3) is 4.53. The average Bonchev–Trinajstić information content (AvgIpc) is 2.65. The second-order valence-corrected chi connectivity index (χ2v) is 6.42. The maximum absolute atomic E-state index is 12.3. The topological polar surface area (TPSA) is 47.6 Å². The highest BCUT2D eigenvalue weighted by Gasteiger charge is 2.14. The molecule has 1 atom stereocenters. The second kappa shape index (κ2) is 8.06. The van der Waals surface area contributed by atoms with Crippen LogP contribution in [0.25, 0.3) is 0 Å². The van der Waals surface area contributed by atoms with Gasteiger partial charge >= 0.3 is 0 Å². The molecular weight excluding hydrogens is 314 g/mol. The fourth-order valence-corrected chi connectivity index (χ4v) is 2.99. The minimum Gasteiger partial charge on any atom is -0.486 e. The number of hydrogen-bond acceptors (Lipinski definition) is 3. The highest BCUT2D eigenvalue weighted by Crippen LogP contribution is 2.31. The molecule has 1 aliphatic heterocycles. The predicted octanol–water partition coefficient (Wildman–Crippen LogP) is 3.97. The molecule has 0 radical (unpaired) electrons. The monoisotopic (exact) mass is 339 g/mol. The molecule has 0 aromatic heterocycles. The van der Waals surface area contributed by atoms with Crippen LogP contribution >= 0.6 is 0 Å². The Bertz CT molecular complexity index is 724. The van der Waals surface area contributed by atoms with Gasteiger partial charge < -0.3 is 14.8 Å². The lowest BCUT2D eigenvalue weighted by Gasteiger charge is -2.19. The number of carbonyl (C=O) groups is 1. The van der Waals surface area contributed by atoms with Gasteiger partial charge in [0, 0.05) is 6.42 Å². The van der Waals surface area contributed by atoms with Crippen LogP contribution in [0.4, 0.5) is 0 Å². The fraction of sp³-hybridized carbons (Fsp3) is 0.381. The summed E-state index contributed by atoms with van der Waals surface area (Å²) in [5.41, 5.74) is 3.46. The summed E-state index contributed by atoms with van der Waals surface area (Å²) in [6.45, 7) is 5.32. The zero-order valence-electron chi connectivity index (χ0n) is 14.9. The summed E-state index contributed by atoms with van der Waals surface area (Å²) in [5, 5.41) is 3.14. The largest absolute Gasteiger partial charge is 0.486 e. The third-order valence-corrected chi connectivity index (χ3v) is 4.47. The van der Waals surface area contributed by atoms with E-state index < -0.39 is 0 Å². The molecule has 4 nitrogen and oxygen atoms in total. The quantitative estimate of drug-likeness (QED) is 0.866. The van der Waals surface area contributed by atoms with Gasteiger partial charge in [-0.2, -0.15) is 0 Å². The number of amides is 1. The molecule has 0 fully saturated rings. The molecule has 4 heteroatoms. The Balaban J connectivity index is 1.56. The van der Waals surface area contributed by atoms with Crippen molar-refractivity contribution in [3.05, 3.63) is 59.2 Å². The lowest BCUT2D eigenvalue weighted by atomic mass is 10.0. The fourth-order valence-electron chi connectivity index (χ4n) is 2.99. The molecule has 0 spiro atoms. The highest BCUT2D eigenvalue weighted by molar-refractivity contribution is 5.76. The van der Waals surface area contributed by atoms with E-state index in [2.05, 4.69) is 43.4 Å². The standard InChI is InChI=1S/C21H25NO3/c1-3-18(17-8-4-15(2)5-9-17)22-21(23)11-7-16-6-10-19-20(14-16)25-13-12-24-19/h4-6,8-10,14,18H,3,7,11-13H2,1-2H3,(H,22,23)/t18-/m0/s1. The van der Waals surface area contributed by atoms with E-state index >= 15 is 0 Å². The molecule has 1 N–H and O–H groups in total. The van der Waals surface area contributed by atoms with Crippen molar-refractivity contribution < 1.29 is 14.3 Å². The van der Waals surface area contributed by atoms with Crippen molar-refractivity contribution in [3.8, 4) is 11.5 Å². The number of nitrogens with one attached hydrogen (secondary N) is 1. The number of ether oxygens (including phenoxy) is 2. The minimum absolute atomic E-state index is 0.0633. The maximum Gasteiger partial charge on any atom is 0.220 e. The molecule has 1 amide bonds. The molecule has 25 heavy (non-hydrogen) atoms. The van der Waals surface area contributed by atoms with E-state index in [4.69, 9.17) is 9.47 Å². The van der Waals surface area contributed by atoms with Gasteiger partial charge in [-0.05, 0) is 43.0 Å². The molecule has 0 saturated carbocycles. The van der Waals surface area contributed by atoms with E-state index in [1.807, 2.05) is 18.2 Å². The van der Waals surface area contributed by atoms with Crippen LogP contribution in [0, 0.1) is 6.92 Å². The first-order valence-electron chi connectivity index (χ1n) is 8.90. The molecule has 0 saturated heterocycles. The summed E-state index contributed by atoms with van der Waals surface area (Å²) in [4.78, 5) is 12.3. The van der Waals surface area contributed by atoms with Gasteiger partial charge in [-0.15, -0.1) is 0 Å². The van der Waals surface area contributed by atoms with Gasteiger partial charge in [-0.3, -0.25) is 4.79 Å². The van der Waals surface area contributed by atoms with Gasteiger partial charge in [0.15, 0.2) is 11.5 Å². The first kappa shape index (κ1) is 17.3. The van der Waals surface area contributed by atoms with E-state index in [0.29, 0.717) is 26.1 Å². The van der Waals surface area contributed by atoms with Gasteiger partial charge in [0.1, 0.15) is 13.2 Å². The maximum atomic E-state index is 12.3. The number of carbonyl (C=O) groups excluding carboxylic acids is 1. The van der Waals surface area contributed by atoms with Gasteiger partial charge in [-0.1, -0.05) is 42.8 Å². The molecule has 2 aromatic carbocycles. The third-order valence-electron chi connectivity index (χ3n) is 4.47. The number of fused-ring (bicyclic) bond motifs is 1. The molecule has 0 bridgehead atoms. The Kier molecular flexibility index (Phi) is 5.59. The summed E-state index contributed by atoms with van der Waals surface area (Å²) < 4.78 is 11.1. The Morgan fingerprint density at radius 3 is 2.52 bits per heavy atom. The van der Waals surface area contributed by atoms with Crippen LogP contribution in [0.5, 0.6) is 11.5 Å². The Hall–Kier alpha value is -2.49. The summed E-state index contributed by atoms with van der Waals surface area (Å²) >= 11 is 0. The average molecular weight is 339 g/mol. The number of rotatable bonds is 6. The molecule has 3 rings (SSSR count). The van der Waals surface area contributed by atoms with Crippen molar-refractivity contribution in [2.45, 2.75) is 39.2 Å². The van der Waals surface area contributed by atoms with Crippen molar-refractivity contribution in [3.63, 3.8) is 0 Å². The Morgan fingerprint density at radius 1 is 1.08 bits per heavy atom. The van der Waals surface area contributed by atoms with Crippen molar-refractivity contribution >= 4 is 5.91 Å². The van der Waals surface area contributed by atoms with Crippen LogP contribution in [-0.4, -0.2) is 19.1 Å². The summed E-state index contributed by atoms with van der Waals surface area (Å²) in [6, 6.07) is 14.3. The van der Waals surface area contributed by atoms with E-state index in [-0.39, 0.29) is 11.9 Å². The van der Waals surface area contributed by atoms with Gasteiger partial charge in [0.2, 0.25) is 5.91 Å². The van der Waals surface area contributed by atoms with Crippen LogP contribution in [0.15, 0.2) is 42.5 Å². The SMILES string of the molecule is CC[C@H](NC(=O)CCc1ccc2c(c1)OCCO2)c1ccc(C)cc1. The smallest absolute Gasteiger partial charge is 0.220 e. The van der Waals surface area contributed by atoms with Crippen LogP contribution in [0.1, 0.15) is 42.5 Å². The predicted molar refractivity (Wildman–Crippen MR) is 98.1 cm³/mol. The molecular formula is C21H25NO3. The van der Waals surface area contributed by atoms with Gasteiger partial charge in [-0.25, -0.2) is 0 Å². The highest BCUT2D eigenvalue weighted by atomic mass is 16.6. The Morgan fingerprint density at radius 2 is 1.80 bits per heavy atom. The lowest BCUT2D eigenvalue weighted by molar-refractivity contribution is -0.121. The molecule has 0 unspecified atom stereocenters. The summed E-state index contributed by atoms with van der Waals surface area (Å²) in [7, 11) is 0. The summed E-state index contributed by atoms with van der Waals surface area (Å²) in [6.07, 6.45) is 2.02. The molecule has 1 aliphatic rings. The minimum atomic E-state index is 0.0633. The van der Waals surface area contributed by atoms with Crippen LogP contribution in [0.2, 0.25) is 0 Å². The first-order chi connectivity index (χ1) is 12.2. The van der Waals surface area contributed by atoms with E-state index in [1.54, 1.807) is 0 Å². The van der Waals surface area contributed by atoms with Gasteiger partial charge in [0.05, 0.1) is 6.04 Å². The Labute approximate surface area is 149 Å². The molecule has 132 valence electrons. The van der Waals surface area contributed by atoms with Crippen molar-refractivity contribution in [2.24, 2.45) is 0 Å². The van der Waals surface area contributed by atoms with Crippen molar-refractivity contribution in [1.29, 1.82) is 0 Å². The lowest BCUT2D eigenvalue weighted by Crippen LogP contribution is -2.28. The number of benzene rings is 2. The number of aryl methyl sites for hydroxylation is 2. The second-order valence-electron chi connectivity index (χ2n) is 6.42. The summed E-state index contributed by atoms with van der Waals surface area (Å²) in [5.74, 6) is 1.63. The van der Waals surface area contributed by atoms with Crippen molar-refractivity contribution in [2.75, 3.05) is 13.2 Å². The van der Waals surface area contributed by atoms with Gasteiger partial charge in [0.25, 0.3) is 0 Å². The van der Waals surface area contributed by atoms with E-state index in [9.17, 15) is 4.79 Å². The molecule has 2 aromatic rings.